The van der Waals surface area contributed by atoms with Gasteiger partial charge in [0, 0.05) is 5.38 Å². The third-order valence-electron chi connectivity index (χ3n) is 2.73. The van der Waals surface area contributed by atoms with Crippen LogP contribution in [-0.2, 0) is 4.79 Å². The zero-order valence-electron chi connectivity index (χ0n) is 7.01. The second-order valence-corrected chi connectivity index (χ2v) is 4.26. The SMILES string of the molecule is O=C1[C@H]2C=C[C@H](C2)N1c1ccsc1. The van der Waals surface area contributed by atoms with Gasteiger partial charge < -0.3 is 4.90 Å². The van der Waals surface area contributed by atoms with Crippen molar-refractivity contribution in [2.45, 2.75) is 12.5 Å². The van der Waals surface area contributed by atoms with Gasteiger partial charge in [0.15, 0.2) is 0 Å². The van der Waals surface area contributed by atoms with Gasteiger partial charge in [0.25, 0.3) is 0 Å². The number of carbonyl (C=O) groups is 1. The lowest BCUT2D eigenvalue weighted by molar-refractivity contribution is -0.119. The average Bonchev–Trinajstić information content (AvgIpc) is 2.76. The summed E-state index contributed by atoms with van der Waals surface area (Å²) in [6.45, 7) is 0. The van der Waals surface area contributed by atoms with Crippen molar-refractivity contribution in [2.75, 3.05) is 4.90 Å². The first-order valence-electron chi connectivity index (χ1n) is 4.40. The molecule has 1 aliphatic carbocycles. The van der Waals surface area contributed by atoms with Crippen molar-refractivity contribution in [1.82, 2.24) is 0 Å². The van der Waals surface area contributed by atoms with E-state index >= 15 is 0 Å². The Hall–Kier alpha value is -1.09. The van der Waals surface area contributed by atoms with Crippen LogP contribution >= 0.6 is 11.3 Å². The molecule has 2 bridgehead atoms. The van der Waals surface area contributed by atoms with E-state index in [0.29, 0.717) is 6.04 Å². The number of carbonyl (C=O) groups excluding carboxylic acids is 1. The zero-order chi connectivity index (χ0) is 8.84. The van der Waals surface area contributed by atoms with Crippen LogP contribution in [-0.4, -0.2) is 11.9 Å². The highest BCUT2D eigenvalue weighted by atomic mass is 32.1. The van der Waals surface area contributed by atoms with Gasteiger partial charge in [-0.3, -0.25) is 4.79 Å². The maximum Gasteiger partial charge on any atom is 0.234 e. The van der Waals surface area contributed by atoms with Crippen molar-refractivity contribution in [3.8, 4) is 0 Å². The molecule has 1 fully saturated rings. The van der Waals surface area contributed by atoms with Crippen molar-refractivity contribution in [2.24, 2.45) is 5.92 Å². The van der Waals surface area contributed by atoms with Gasteiger partial charge in [0.05, 0.1) is 17.6 Å². The average molecular weight is 191 g/mol. The van der Waals surface area contributed by atoms with Gasteiger partial charge >= 0.3 is 0 Å². The highest BCUT2D eigenvalue weighted by Crippen LogP contribution is 2.37. The van der Waals surface area contributed by atoms with Crippen LogP contribution in [0.25, 0.3) is 0 Å². The van der Waals surface area contributed by atoms with Crippen molar-refractivity contribution in [3.63, 3.8) is 0 Å². The fourth-order valence-corrected chi connectivity index (χ4v) is 2.74. The van der Waals surface area contributed by atoms with Crippen LogP contribution in [0.4, 0.5) is 5.69 Å². The number of nitrogens with zero attached hydrogens (tertiary/aromatic N) is 1. The molecule has 1 aromatic rings. The number of hydrogen-bond donors (Lipinski definition) is 0. The fraction of sp³-hybridized carbons (Fsp3) is 0.300. The number of fused-ring (bicyclic) bond motifs is 2. The first-order chi connectivity index (χ1) is 6.36. The number of anilines is 1. The van der Waals surface area contributed by atoms with E-state index in [9.17, 15) is 4.79 Å². The van der Waals surface area contributed by atoms with Crippen molar-refractivity contribution < 1.29 is 4.79 Å². The standard InChI is InChI=1S/C10H9NOS/c12-10-7-1-2-8(5-7)11(10)9-3-4-13-6-9/h1-4,6-8H,5H2/t7-,8+/m0/s1. The van der Waals surface area contributed by atoms with Gasteiger partial charge in [-0.1, -0.05) is 12.2 Å². The van der Waals surface area contributed by atoms with Crippen molar-refractivity contribution in [3.05, 3.63) is 29.0 Å². The quantitative estimate of drug-likeness (QED) is 0.622. The maximum absolute atomic E-state index is 11.7. The number of hydrogen-bond acceptors (Lipinski definition) is 2. The van der Waals surface area contributed by atoms with Crippen LogP contribution in [0.3, 0.4) is 0 Å². The van der Waals surface area contributed by atoms with E-state index in [1.807, 2.05) is 27.8 Å². The van der Waals surface area contributed by atoms with E-state index in [0.717, 1.165) is 12.1 Å². The minimum absolute atomic E-state index is 0.157. The van der Waals surface area contributed by atoms with E-state index < -0.39 is 0 Å². The molecule has 1 aliphatic heterocycles. The molecule has 66 valence electrons. The Morgan fingerprint density at radius 1 is 1.46 bits per heavy atom. The fourth-order valence-electron chi connectivity index (χ4n) is 2.11. The molecule has 3 heteroatoms. The van der Waals surface area contributed by atoms with Crippen LogP contribution in [0.15, 0.2) is 29.0 Å². The molecule has 3 rings (SSSR count). The lowest BCUT2D eigenvalue weighted by atomic mass is 10.1. The predicted molar refractivity (Wildman–Crippen MR) is 52.8 cm³/mol. The van der Waals surface area contributed by atoms with Gasteiger partial charge in [-0.2, -0.15) is 11.3 Å². The maximum atomic E-state index is 11.7. The van der Waals surface area contributed by atoms with E-state index in [4.69, 9.17) is 0 Å². The molecule has 0 spiro atoms. The van der Waals surface area contributed by atoms with E-state index in [2.05, 4.69) is 6.08 Å². The number of thiophene rings is 1. The smallest absolute Gasteiger partial charge is 0.234 e. The molecule has 2 nitrogen and oxygen atoms in total. The Morgan fingerprint density at radius 2 is 2.38 bits per heavy atom. The molecule has 1 saturated heterocycles. The largest absolute Gasteiger partial charge is 0.304 e. The molecule has 0 saturated carbocycles. The Bertz CT molecular complexity index is 368. The summed E-state index contributed by atoms with van der Waals surface area (Å²) in [5, 5.41) is 4.05. The Morgan fingerprint density at radius 3 is 3.00 bits per heavy atom. The molecule has 2 heterocycles. The van der Waals surface area contributed by atoms with Crippen molar-refractivity contribution >= 4 is 22.9 Å². The first-order valence-corrected chi connectivity index (χ1v) is 5.34. The lowest BCUT2D eigenvalue weighted by Gasteiger charge is -2.22. The Balaban J connectivity index is 2.02. The molecule has 1 amide bonds. The van der Waals surface area contributed by atoms with E-state index in [1.54, 1.807) is 11.3 Å². The van der Waals surface area contributed by atoms with E-state index in [-0.39, 0.29) is 11.8 Å². The topological polar surface area (TPSA) is 20.3 Å². The molecule has 2 aliphatic rings. The predicted octanol–water partition coefficient (Wildman–Crippen LogP) is 2.04. The molecular formula is C10H9NOS. The van der Waals surface area contributed by atoms with Crippen LogP contribution < -0.4 is 4.90 Å². The number of amides is 1. The van der Waals surface area contributed by atoms with Crippen LogP contribution in [0.1, 0.15) is 6.42 Å². The summed E-state index contributed by atoms with van der Waals surface area (Å²) < 4.78 is 0. The van der Waals surface area contributed by atoms with Gasteiger partial charge in [0.1, 0.15) is 0 Å². The van der Waals surface area contributed by atoms with Crippen molar-refractivity contribution in [1.29, 1.82) is 0 Å². The monoisotopic (exact) mass is 191 g/mol. The van der Waals surface area contributed by atoms with Gasteiger partial charge in [-0.15, -0.1) is 0 Å². The summed E-state index contributed by atoms with van der Waals surface area (Å²) in [5.74, 6) is 0.427. The van der Waals surface area contributed by atoms with Gasteiger partial charge in [-0.25, -0.2) is 0 Å². The summed E-state index contributed by atoms with van der Waals surface area (Å²) in [7, 11) is 0. The van der Waals surface area contributed by atoms with Crippen LogP contribution in [0, 0.1) is 5.92 Å². The highest BCUT2D eigenvalue weighted by molar-refractivity contribution is 7.08. The molecular weight excluding hydrogens is 182 g/mol. The van der Waals surface area contributed by atoms with Gasteiger partial charge in [-0.05, 0) is 17.9 Å². The first kappa shape index (κ1) is 7.33. The zero-order valence-corrected chi connectivity index (χ0v) is 7.83. The van der Waals surface area contributed by atoms with E-state index in [1.165, 1.54) is 0 Å². The summed E-state index contributed by atoms with van der Waals surface area (Å²) in [6, 6.07) is 2.34. The molecule has 0 N–H and O–H groups in total. The summed E-state index contributed by atoms with van der Waals surface area (Å²) in [5.41, 5.74) is 1.06. The molecule has 2 atom stereocenters. The molecule has 0 aromatic carbocycles. The molecule has 0 radical (unpaired) electrons. The summed E-state index contributed by atoms with van der Waals surface area (Å²) in [6.07, 6.45) is 5.16. The Kier molecular flexibility index (Phi) is 1.38. The molecule has 1 aromatic heterocycles. The second-order valence-electron chi connectivity index (χ2n) is 3.48. The summed E-state index contributed by atoms with van der Waals surface area (Å²) >= 11 is 1.64. The van der Waals surface area contributed by atoms with Gasteiger partial charge in [0.2, 0.25) is 5.91 Å². The van der Waals surface area contributed by atoms with Crippen LogP contribution in [0.5, 0.6) is 0 Å². The Labute approximate surface area is 80.5 Å². The summed E-state index contributed by atoms with van der Waals surface area (Å²) in [4.78, 5) is 13.7. The molecule has 13 heavy (non-hydrogen) atoms. The minimum atomic E-state index is 0.157. The lowest BCUT2D eigenvalue weighted by Crippen LogP contribution is -2.34. The third-order valence-corrected chi connectivity index (χ3v) is 3.40. The molecule has 0 unspecified atom stereocenters. The second kappa shape index (κ2) is 2.45. The minimum Gasteiger partial charge on any atom is -0.304 e. The van der Waals surface area contributed by atoms with Crippen LogP contribution in [0.2, 0.25) is 0 Å². The highest BCUT2D eigenvalue weighted by Gasteiger charge is 2.41. The third kappa shape index (κ3) is 0.907. The number of rotatable bonds is 1. The normalized spacial score (nSPS) is 30.5.